The number of hydrogen-bond acceptors (Lipinski definition) is 5. The molecule has 7 nitrogen and oxygen atoms in total. The Bertz CT molecular complexity index is 545. The first-order valence-corrected chi connectivity index (χ1v) is 8.28. The lowest BCUT2D eigenvalue weighted by atomic mass is 9.86. The normalized spacial score (nSPS) is 21.5. The highest BCUT2D eigenvalue weighted by molar-refractivity contribution is 5.81. The molecule has 1 heterocycles. The molecule has 0 radical (unpaired) electrons. The second kappa shape index (κ2) is 7.70. The summed E-state index contributed by atoms with van der Waals surface area (Å²) in [7, 11) is 0. The van der Waals surface area contributed by atoms with Crippen LogP contribution in [-0.4, -0.2) is 35.7 Å². The standard InChI is InChI=1S/C17H27N3O4/c1-11(15(21)18-10-14-6-5-7-23-14)19-12-8-13(9-12)20-16(22)24-17(2,3)4/h5-7,11-13,19H,8-10H2,1-4H3,(H,18,21)(H,20,22)/t11-,12?,13?/m0/s1. The number of nitrogens with one attached hydrogen (secondary N) is 3. The Balaban J connectivity index is 1.61. The van der Waals surface area contributed by atoms with Gasteiger partial charge >= 0.3 is 6.09 Å². The van der Waals surface area contributed by atoms with Crippen LogP contribution in [-0.2, 0) is 16.1 Å². The van der Waals surface area contributed by atoms with E-state index in [1.807, 2.05) is 33.8 Å². The molecule has 0 aliphatic heterocycles. The molecule has 7 heteroatoms. The van der Waals surface area contributed by atoms with Gasteiger partial charge in [-0.1, -0.05) is 0 Å². The molecule has 1 aromatic rings. The first-order valence-electron chi connectivity index (χ1n) is 8.28. The fraction of sp³-hybridized carbons (Fsp3) is 0.647. The molecule has 0 saturated heterocycles. The monoisotopic (exact) mass is 337 g/mol. The van der Waals surface area contributed by atoms with Crippen molar-refractivity contribution in [3.63, 3.8) is 0 Å². The zero-order chi connectivity index (χ0) is 17.7. The molecule has 1 aliphatic rings. The van der Waals surface area contributed by atoms with Gasteiger partial charge in [0.2, 0.25) is 5.91 Å². The molecule has 134 valence electrons. The highest BCUT2D eigenvalue weighted by Gasteiger charge is 2.33. The van der Waals surface area contributed by atoms with Crippen LogP contribution >= 0.6 is 0 Å². The van der Waals surface area contributed by atoms with E-state index in [0.717, 1.165) is 18.6 Å². The molecular formula is C17H27N3O4. The molecule has 1 aromatic heterocycles. The number of amides is 2. The molecule has 1 saturated carbocycles. The third-order valence-corrected chi connectivity index (χ3v) is 3.75. The maximum absolute atomic E-state index is 12.0. The van der Waals surface area contributed by atoms with Crippen LogP contribution in [0.2, 0.25) is 0 Å². The largest absolute Gasteiger partial charge is 0.467 e. The fourth-order valence-electron chi connectivity index (χ4n) is 2.52. The zero-order valence-corrected chi connectivity index (χ0v) is 14.7. The number of hydrogen-bond donors (Lipinski definition) is 3. The zero-order valence-electron chi connectivity index (χ0n) is 14.7. The van der Waals surface area contributed by atoms with Gasteiger partial charge in [0.15, 0.2) is 0 Å². The van der Waals surface area contributed by atoms with E-state index in [1.54, 1.807) is 12.3 Å². The van der Waals surface area contributed by atoms with Gasteiger partial charge < -0.3 is 25.1 Å². The van der Waals surface area contributed by atoms with E-state index in [9.17, 15) is 9.59 Å². The lowest BCUT2D eigenvalue weighted by molar-refractivity contribution is -0.123. The minimum atomic E-state index is -0.494. The predicted molar refractivity (Wildman–Crippen MR) is 89.3 cm³/mol. The summed E-state index contributed by atoms with van der Waals surface area (Å²) < 4.78 is 10.4. The van der Waals surface area contributed by atoms with Gasteiger partial charge in [-0.3, -0.25) is 4.79 Å². The second-order valence-electron chi connectivity index (χ2n) is 7.20. The Kier molecular flexibility index (Phi) is 5.88. The van der Waals surface area contributed by atoms with Crippen molar-refractivity contribution in [1.29, 1.82) is 0 Å². The molecule has 24 heavy (non-hydrogen) atoms. The highest BCUT2D eigenvalue weighted by atomic mass is 16.6. The van der Waals surface area contributed by atoms with Crippen molar-refractivity contribution in [1.82, 2.24) is 16.0 Å². The number of ether oxygens (including phenoxy) is 1. The lowest BCUT2D eigenvalue weighted by Crippen LogP contribution is -2.57. The van der Waals surface area contributed by atoms with Gasteiger partial charge in [-0.25, -0.2) is 4.79 Å². The summed E-state index contributed by atoms with van der Waals surface area (Å²) in [6.07, 6.45) is 2.76. The molecule has 0 unspecified atom stereocenters. The number of carbonyl (C=O) groups excluding carboxylic acids is 2. The van der Waals surface area contributed by atoms with Gasteiger partial charge in [0.25, 0.3) is 0 Å². The number of carbonyl (C=O) groups is 2. The van der Waals surface area contributed by atoms with Crippen LogP contribution < -0.4 is 16.0 Å². The summed E-state index contributed by atoms with van der Waals surface area (Å²) >= 11 is 0. The Hall–Kier alpha value is -2.02. The molecule has 0 aromatic carbocycles. The van der Waals surface area contributed by atoms with Crippen LogP contribution in [0.15, 0.2) is 22.8 Å². The van der Waals surface area contributed by atoms with E-state index in [0.29, 0.717) is 6.54 Å². The average molecular weight is 337 g/mol. The summed E-state index contributed by atoms with van der Waals surface area (Å²) in [5.41, 5.74) is -0.494. The number of furan rings is 1. The average Bonchev–Trinajstić information content (AvgIpc) is 2.93. The third-order valence-electron chi connectivity index (χ3n) is 3.75. The van der Waals surface area contributed by atoms with E-state index in [2.05, 4.69) is 16.0 Å². The Morgan fingerprint density at radius 3 is 2.62 bits per heavy atom. The highest BCUT2D eigenvalue weighted by Crippen LogP contribution is 2.21. The van der Waals surface area contributed by atoms with Gasteiger partial charge in [-0.2, -0.15) is 0 Å². The summed E-state index contributed by atoms with van der Waals surface area (Å²) in [5.74, 6) is 0.649. The fourth-order valence-corrected chi connectivity index (χ4v) is 2.52. The molecule has 0 bridgehead atoms. The summed E-state index contributed by atoms with van der Waals surface area (Å²) in [4.78, 5) is 23.7. The maximum Gasteiger partial charge on any atom is 0.407 e. The number of rotatable bonds is 6. The SMILES string of the molecule is C[C@H](NC1CC(NC(=O)OC(C)(C)C)C1)C(=O)NCc1ccco1. The van der Waals surface area contributed by atoms with Crippen molar-refractivity contribution in [2.75, 3.05) is 0 Å². The lowest BCUT2D eigenvalue weighted by Gasteiger charge is -2.38. The molecule has 2 rings (SSSR count). The minimum Gasteiger partial charge on any atom is -0.467 e. The third kappa shape index (κ3) is 5.88. The van der Waals surface area contributed by atoms with Crippen molar-refractivity contribution in [2.45, 2.75) is 70.8 Å². The molecule has 2 amide bonds. The second-order valence-corrected chi connectivity index (χ2v) is 7.20. The van der Waals surface area contributed by atoms with Crippen LogP contribution in [0.4, 0.5) is 4.79 Å². The predicted octanol–water partition coefficient (Wildman–Crippen LogP) is 1.93. The summed E-state index contributed by atoms with van der Waals surface area (Å²) in [5, 5.41) is 8.92. The van der Waals surface area contributed by atoms with Crippen LogP contribution in [0.3, 0.4) is 0 Å². The smallest absolute Gasteiger partial charge is 0.407 e. The van der Waals surface area contributed by atoms with E-state index in [4.69, 9.17) is 9.15 Å². The van der Waals surface area contributed by atoms with Gasteiger partial charge in [-0.05, 0) is 52.7 Å². The first kappa shape index (κ1) is 18.3. The topological polar surface area (TPSA) is 92.6 Å². The Morgan fingerprint density at radius 1 is 1.33 bits per heavy atom. The van der Waals surface area contributed by atoms with Crippen molar-refractivity contribution in [2.24, 2.45) is 0 Å². The molecule has 1 atom stereocenters. The molecule has 3 N–H and O–H groups in total. The van der Waals surface area contributed by atoms with Crippen LogP contribution in [0.5, 0.6) is 0 Å². The maximum atomic E-state index is 12.0. The van der Waals surface area contributed by atoms with Crippen molar-refractivity contribution < 1.29 is 18.7 Å². The summed E-state index contributed by atoms with van der Waals surface area (Å²) in [6, 6.07) is 3.62. The van der Waals surface area contributed by atoms with Gasteiger partial charge in [0, 0.05) is 12.1 Å². The molecule has 1 aliphatic carbocycles. The molecular weight excluding hydrogens is 310 g/mol. The van der Waals surface area contributed by atoms with E-state index < -0.39 is 11.7 Å². The molecule has 1 fully saturated rings. The number of alkyl carbamates (subject to hydrolysis) is 1. The van der Waals surface area contributed by atoms with Crippen LogP contribution in [0, 0.1) is 0 Å². The van der Waals surface area contributed by atoms with Gasteiger partial charge in [-0.15, -0.1) is 0 Å². The van der Waals surface area contributed by atoms with Crippen LogP contribution in [0.25, 0.3) is 0 Å². The minimum absolute atomic E-state index is 0.0741. The first-order chi connectivity index (χ1) is 11.2. The van der Waals surface area contributed by atoms with Crippen molar-refractivity contribution >= 4 is 12.0 Å². The Morgan fingerprint density at radius 2 is 2.04 bits per heavy atom. The Labute approximate surface area is 142 Å². The van der Waals surface area contributed by atoms with Crippen molar-refractivity contribution in [3.05, 3.63) is 24.2 Å². The van der Waals surface area contributed by atoms with E-state index in [-0.39, 0.29) is 24.0 Å². The van der Waals surface area contributed by atoms with E-state index >= 15 is 0 Å². The van der Waals surface area contributed by atoms with Gasteiger partial charge in [0.05, 0.1) is 18.8 Å². The quantitative estimate of drug-likeness (QED) is 0.737. The van der Waals surface area contributed by atoms with E-state index in [1.165, 1.54) is 0 Å². The van der Waals surface area contributed by atoms with Crippen molar-refractivity contribution in [3.8, 4) is 0 Å². The summed E-state index contributed by atoms with van der Waals surface area (Å²) in [6.45, 7) is 7.71. The molecule has 0 spiro atoms. The van der Waals surface area contributed by atoms with Crippen LogP contribution in [0.1, 0.15) is 46.3 Å². The van der Waals surface area contributed by atoms with Gasteiger partial charge in [0.1, 0.15) is 11.4 Å².